The monoisotopic (exact) mass is 695 g/mol. The summed E-state index contributed by atoms with van der Waals surface area (Å²) >= 11 is 0. The summed E-state index contributed by atoms with van der Waals surface area (Å²) in [6, 6.07) is 72.2. The minimum absolute atomic E-state index is 0.0224. The normalized spacial score (nSPS) is 13.3. The van der Waals surface area contributed by atoms with Gasteiger partial charge in [0.15, 0.2) is 0 Å². The molecule has 3 heteroatoms. The van der Waals surface area contributed by atoms with E-state index in [1.807, 2.05) is 0 Å². The minimum atomic E-state index is 0.0224. The lowest BCUT2D eigenvalue weighted by Crippen LogP contribution is -2.23. The van der Waals surface area contributed by atoms with E-state index in [2.05, 4.69) is 229 Å². The Morgan fingerprint density at radius 3 is 1.22 bits per heavy atom. The molecule has 0 aliphatic carbocycles. The predicted octanol–water partition coefficient (Wildman–Crippen LogP) is 14.0. The molecule has 260 valence electrons. The van der Waals surface area contributed by atoms with Crippen LogP contribution < -0.4 is 15.1 Å². The molecule has 3 nitrogen and oxygen atoms in total. The number of nitrogens with one attached hydrogen (secondary N) is 1. The summed E-state index contributed by atoms with van der Waals surface area (Å²) in [6.45, 7) is 4.26. The van der Waals surface area contributed by atoms with Crippen LogP contribution in [-0.4, -0.2) is 0 Å². The largest absolute Gasteiger partial charge is 0.359 e. The fourth-order valence-electron chi connectivity index (χ4n) is 7.47. The highest BCUT2D eigenvalue weighted by Crippen LogP contribution is 2.46. The number of fused-ring (bicyclic) bond motifs is 1. The molecule has 1 aliphatic heterocycles. The van der Waals surface area contributed by atoms with Crippen LogP contribution >= 0.6 is 0 Å². The molecule has 1 atom stereocenters. The lowest BCUT2D eigenvalue weighted by atomic mass is 9.97. The molecular formula is C51H41N3. The zero-order valence-electron chi connectivity index (χ0n) is 30.5. The van der Waals surface area contributed by atoms with Gasteiger partial charge in [0, 0.05) is 22.7 Å². The molecule has 0 aromatic heterocycles. The van der Waals surface area contributed by atoms with Gasteiger partial charge in [-0.05, 0) is 113 Å². The Hall–Kier alpha value is -6.84. The van der Waals surface area contributed by atoms with Crippen LogP contribution in [-0.2, 0) is 0 Å². The average molecular weight is 696 g/mol. The van der Waals surface area contributed by atoms with Crippen molar-refractivity contribution >= 4 is 34.1 Å². The summed E-state index contributed by atoms with van der Waals surface area (Å²) in [7, 11) is 0. The lowest BCUT2D eigenvalue weighted by Gasteiger charge is -2.27. The summed E-state index contributed by atoms with van der Waals surface area (Å²) in [4.78, 5) is 4.70. The highest BCUT2D eigenvalue weighted by atomic mass is 15.3. The van der Waals surface area contributed by atoms with Crippen LogP contribution in [0.4, 0.5) is 34.1 Å². The Balaban J connectivity index is 0.906. The van der Waals surface area contributed by atoms with Gasteiger partial charge in [-0.2, -0.15) is 0 Å². The Labute approximate surface area is 318 Å². The van der Waals surface area contributed by atoms with Crippen molar-refractivity contribution in [2.45, 2.75) is 20.0 Å². The second-order valence-corrected chi connectivity index (χ2v) is 14.1. The van der Waals surface area contributed by atoms with E-state index < -0.39 is 0 Å². The summed E-state index contributed by atoms with van der Waals surface area (Å²) in [5.41, 5.74) is 17.9. The van der Waals surface area contributed by atoms with Crippen molar-refractivity contribution in [3.05, 3.63) is 217 Å². The van der Waals surface area contributed by atoms with Crippen molar-refractivity contribution < 1.29 is 0 Å². The third-order valence-corrected chi connectivity index (χ3v) is 10.5. The molecule has 0 fully saturated rings. The van der Waals surface area contributed by atoms with E-state index in [0.29, 0.717) is 0 Å². The number of benzene rings is 8. The summed E-state index contributed by atoms with van der Waals surface area (Å²) in [5.74, 6) is 0. The van der Waals surface area contributed by atoms with Crippen molar-refractivity contribution in [2.75, 3.05) is 15.1 Å². The third kappa shape index (κ3) is 6.53. The Bertz CT molecular complexity index is 2440. The molecule has 1 unspecified atom stereocenters. The molecule has 0 saturated heterocycles. The molecule has 0 saturated carbocycles. The second-order valence-electron chi connectivity index (χ2n) is 14.1. The first-order chi connectivity index (χ1) is 26.6. The maximum Gasteiger partial charge on any atom is 0.130 e. The average Bonchev–Trinajstić information content (AvgIpc) is 3.63. The number of para-hydroxylation sites is 3. The van der Waals surface area contributed by atoms with Gasteiger partial charge in [0.05, 0.1) is 11.4 Å². The fraction of sp³-hybridized carbons (Fsp3) is 0.0588. The third-order valence-electron chi connectivity index (χ3n) is 10.5. The molecule has 8 aromatic rings. The van der Waals surface area contributed by atoms with Gasteiger partial charge in [-0.25, -0.2) is 0 Å². The van der Waals surface area contributed by atoms with E-state index in [1.54, 1.807) is 0 Å². The van der Waals surface area contributed by atoms with Crippen LogP contribution in [0.25, 0.3) is 33.4 Å². The van der Waals surface area contributed by atoms with Gasteiger partial charge in [0.25, 0.3) is 0 Å². The van der Waals surface area contributed by atoms with Gasteiger partial charge in [-0.15, -0.1) is 0 Å². The van der Waals surface area contributed by atoms with Gasteiger partial charge in [0.1, 0.15) is 6.17 Å². The molecule has 0 bridgehead atoms. The van der Waals surface area contributed by atoms with Crippen LogP contribution in [0.1, 0.15) is 22.9 Å². The Kier molecular flexibility index (Phi) is 8.74. The van der Waals surface area contributed by atoms with Crippen LogP contribution in [0.5, 0.6) is 0 Å². The second kappa shape index (κ2) is 14.3. The van der Waals surface area contributed by atoms with Crippen molar-refractivity contribution in [2.24, 2.45) is 0 Å². The van der Waals surface area contributed by atoms with Crippen LogP contribution in [0, 0.1) is 13.8 Å². The van der Waals surface area contributed by atoms with Gasteiger partial charge in [0.2, 0.25) is 0 Å². The molecule has 1 aliphatic rings. The SMILES string of the molecule is Cc1ccc(N(c2ccc(C)cc2)c2ccc(-c3ccc(-c4ccc(-c5ccc(C6Nc7ccccc7N6c6ccccc6)cc5)cc4)cc3)cc2)cc1. The van der Waals surface area contributed by atoms with E-state index in [9.17, 15) is 0 Å². The zero-order chi connectivity index (χ0) is 36.4. The molecule has 1 N–H and O–H groups in total. The van der Waals surface area contributed by atoms with Crippen molar-refractivity contribution in [3.63, 3.8) is 0 Å². The van der Waals surface area contributed by atoms with Gasteiger partial charge < -0.3 is 15.1 Å². The summed E-state index contributed by atoms with van der Waals surface area (Å²) in [6.07, 6.45) is 0.0224. The number of aryl methyl sites for hydroxylation is 2. The number of hydrogen-bond donors (Lipinski definition) is 1. The predicted molar refractivity (Wildman–Crippen MR) is 228 cm³/mol. The first-order valence-electron chi connectivity index (χ1n) is 18.6. The fourth-order valence-corrected chi connectivity index (χ4v) is 7.47. The zero-order valence-corrected chi connectivity index (χ0v) is 30.5. The highest BCUT2D eigenvalue weighted by molar-refractivity contribution is 5.84. The van der Waals surface area contributed by atoms with Crippen LogP contribution in [0.2, 0.25) is 0 Å². The maximum absolute atomic E-state index is 3.74. The molecular weight excluding hydrogens is 655 g/mol. The first-order valence-corrected chi connectivity index (χ1v) is 18.6. The standard InChI is InChI=1S/C51H41N3/c1-36-12-30-46(31-13-36)53(47-32-14-37(2)15-33-47)48-34-28-43(29-35-48)41-22-20-39(21-23-41)38-16-18-40(19-17-38)42-24-26-44(27-25-42)51-52-49-10-6-7-11-50(49)54(51)45-8-4-3-5-9-45/h3-35,51-52H,1-2H3. The van der Waals surface area contributed by atoms with Gasteiger partial charge in [-0.1, -0.05) is 151 Å². The van der Waals surface area contributed by atoms with E-state index in [-0.39, 0.29) is 6.17 Å². The lowest BCUT2D eigenvalue weighted by molar-refractivity contribution is 0.828. The van der Waals surface area contributed by atoms with E-state index in [4.69, 9.17) is 0 Å². The highest BCUT2D eigenvalue weighted by Gasteiger charge is 2.30. The van der Waals surface area contributed by atoms with Gasteiger partial charge >= 0.3 is 0 Å². The van der Waals surface area contributed by atoms with Crippen molar-refractivity contribution in [1.82, 2.24) is 0 Å². The Morgan fingerprint density at radius 1 is 0.389 bits per heavy atom. The first kappa shape index (κ1) is 33.0. The minimum Gasteiger partial charge on any atom is -0.359 e. The van der Waals surface area contributed by atoms with Crippen molar-refractivity contribution in [3.8, 4) is 33.4 Å². The van der Waals surface area contributed by atoms with E-state index in [0.717, 1.165) is 22.7 Å². The number of hydrogen-bond acceptors (Lipinski definition) is 3. The van der Waals surface area contributed by atoms with Gasteiger partial charge in [-0.3, -0.25) is 0 Å². The van der Waals surface area contributed by atoms with Crippen LogP contribution in [0.3, 0.4) is 0 Å². The summed E-state index contributed by atoms with van der Waals surface area (Å²) in [5, 5.41) is 3.74. The van der Waals surface area contributed by atoms with Crippen molar-refractivity contribution in [1.29, 1.82) is 0 Å². The molecule has 9 rings (SSSR count). The molecule has 0 amide bonds. The van der Waals surface area contributed by atoms with Crippen LogP contribution in [0.15, 0.2) is 200 Å². The number of rotatable bonds is 8. The number of anilines is 6. The topological polar surface area (TPSA) is 18.5 Å². The molecule has 0 radical (unpaired) electrons. The smallest absolute Gasteiger partial charge is 0.130 e. The molecule has 1 heterocycles. The molecule has 0 spiro atoms. The number of nitrogens with zero attached hydrogens (tertiary/aromatic N) is 2. The van der Waals surface area contributed by atoms with E-state index >= 15 is 0 Å². The molecule has 54 heavy (non-hydrogen) atoms. The maximum atomic E-state index is 3.74. The quantitative estimate of drug-likeness (QED) is 0.171. The molecule has 8 aromatic carbocycles. The summed E-state index contributed by atoms with van der Waals surface area (Å²) < 4.78 is 0. The Morgan fingerprint density at radius 2 is 0.759 bits per heavy atom. The van der Waals surface area contributed by atoms with E-state index in [1.165, 1.54) is 61.4 Å².